The molecular weight excluding hydrogens is 240 g/mol. The van der Waals surface area contributed by atoms with Crippen LogP contribution in [0.15, 0.2) is 24.3 Å². The Hall–Kier alpha value is -0.940. The lowest BCUT2D eigenvalue weighted by atomic mass is 9.94. The molecule has 0 fully saturated rings. The van der Waals surface area contributed by atoms with E-state index in [0.29, 0.717) is 6.42 Å². The second-order valence-corrected chi connectivity index (χ2v) is 4.53. The first-order valence-corrected chi connectivity index (χ1v) is 6.86. The molecule has 0 radical (unpaired) electrons. The highest BCUT2D eigenvalue weighted by atomic mass is 16.3. The molecule has 4 heteroatoms. The van der Waals surface area contributed by atoms with Crippen molar-refractivity contribution in [1.82, 2.24) is 5.32 Å². The Morgan fingerprint density at radius 2 is 1.53 bits per heavy atom. The van der Waals surface area contributed by atoms with Crippen LogP contribution in [0.2, 0.25) is 0 Å². The monoisotopic (exact) mass is 268 g/mol. The normalized spacial score (nSPS) is 10.8. The highest BCUT2D eigenvalue weighted by Gasteiger charge is 2.22. The van der Waals surface area contributed by atoms with Crippen molar-refractivity contribution in [2.24, 2.45) is 5.73 Å². The molecule has 0 bridgehead atoms. The van der Waals surface area contributed by atoms with E-state index >= 15 is 0 Å². The van der Waals surface area contributed by atoms with Gasteiger partial charge in [-0.05, 0) is 31.0 Å². The quantitative estimate of drug-likeness (QED) is 0.596. The first-order chi connectivity index (χ1) is 9.13. The SMILES string of the molecule is CC.CNCc1ccc(CCC(N)(CO)CO)cc1. The van der Waals surface area contributed by atoms with Gasteiger partial charge in [-0.1, -0.05) is 38.1 Å². The van der Waals surface area contributed by atoms with Gasteiger partial charge in [0.25, 0.3) is 0 Å². The largest absolute Gasteiger partial charge is 0.394 e. The van der Waals surface area contributed by atoms with E-state index in [1.54, 1.807) is 0 Å². The molecule has 0 atom stereocenters. The van der Waals surface area contributed by atoms with Crippen molar-refractivity contribution in [3.63, 3.8) is 0 Å². The lowest BCUT2D eigenvalue weighted by Gasteiger charge is -2.24. The summed E-state index contributed by atoms with van der Waals surface area (Å²) in [7, 11) is 1.92. The van der Waals surface area contributed by atoms with Gasteiger partial charge in [0.05, 0.1) is 18.8 Å². The van der Waals surface area contributed by atoms with E-state index < -0.39 is 5.54 Å². The number of rotatable bonds is 7. The van der Waals surface area contributed by atoms with E-state index in [1.807, 2.05) is 20.9 Å². The zero-order chi connectivity index (χ0) is 14.7. The van der Waals surface area contributed by atoms with E-state index in [-0.39, 0.29) is 13.2 Å². The van der Waals surface area contributed by atoms with Crippen LogP contribution >= 0.6 is 0 Å². The molecule has 0 heterocycles. The van der Waals surface area contributed by atoms with Gasteiger partial charge in [-0.3, -0.25) is 0 Å². The van der Waals surface area contributed by atoms with Crippen LogP contribution in [-0.4, -0.2) is 36.0 Å². The lowest BCUT2D eigenvalue weighted by molar-refractivity contribution is 0.115. The van der Waals surface area contributed by atoms with Gasteiger partial charge < -0.3 is 21.3 Å². The van der Waals surface area contributed by atoms with E-state index in [4.69, 9.17) is 15.9 Å². The number of hydrogen-bond acceptors (Lipinski definition) is 4. The number of aryl methyl sites for hydroxylation is 1. The van der Waals surface area contributed by atoms with E-state index in [2.05, 4.69) is 29.6 Å². The Labute approximate surface area is 116 Å². The summed E-state index contributed by atoms with van der Waals surface area (Å²) in [6, 6.07) is 8.26. The fourth-order valence-electron chi connectivity index (χ4n) is 1.63. The smallest absolute Gasteiger partial charge is 0.0633 e. The maximum absolute atomic E-state index is 9.08. The highest BCUT2D eigenvalue weighted by Crippen LogP contribution is 2.12. The predicted molar refractivity (Wildman–Crippen MR) is 80.0 cm³/mol. The molecule has 0 aliphatic rings. The molecule has 0 saturated heterocycles. The van der Waals surface area contributed by atoms with Crippen LogP contribution in [0.1, 0.15) is 31.4 Å². The number of nitrogens with two attached hydrogens (primary N) is 1. The van der Waals surface area contributed by atoms with Crippen LogP contribution in [0.3, 0.4) is 0 Å². The van der Waals surface area contributed by atoms with Crippen molar-refractivity contribution in [3.8, 4) is 0 Å². The van der Waals surface area contributed by atoms with Crippen LogP contribution in [-0.2, 0) is 13.0 Å². The molecule has 0 aromatic heterocycles. The third-order valence-electron chi connectivity index (χ3n) is 2.95. The summed E-state index contributed by atoms with van der Waals surface area (Å²) in [4.78, 5) is 0. The van der Waals surface area contributed by atoms with Gasteiger partial charge in [0.2, 0.25) is 0 Å². The van der Waals surface area contributed by atoms with Crippen LogP contribution in [0, 0.1) is 0 Å². The summed E-state index contributed by atoms with van der Waals surface area (Å²) >= 11 is 0. The molecule has 5 N–H and O–H groups in total. The van der Waals surface area contributed by atoms with Crippen molar-refractivity contribution in [1.29, 1.82) is 0 Å². The average molecular weight is 268 g/mol. The fourth-order valence-corrected chi connectivity index (χ4v) is 1.63. The zero-order valence-corrected chi connectivity index (χ0v) is 12.3. The van der Waals surface area contributed by atoms with Crippen LogP contribution < -0.4 is 11.1 Å². The Morgan fingerprint density at radius 3 is 1.95 bits per heavy atom. The minimum Gasteiger partial charge on any atom is -0.394 e. The topological polar surface area (TPSA) is 78.5 Å². The molecule has 0 aliphatic carbocycles. The third kappa shape index (κ3) is 6.68. The van der Waals surface area contributed by atoms with Gasteiger partial charge in [0.1, 0.15) is 0 Å². The number of benzene rings is 1. The Balaban J connectivity index is 0.00000154. The van der Waals surface area contributed by atoms with Crippen molar-refractivity contribution >= 4 is 0 Å². The second kappa shape index (κ2) is 9.92. The summed E-state index contributed by atoms with van der Waals surface area (Å²) in [5.74, 6) is 0. The number of aliphatic hydroxyl groups is 2. The maximum atomic E-state index is 9.08. The molecule has 1 aromatic carbocycles. The molecule has 0 unspecified atom stereocenters. The predicted octanol–water partition coefficient (Wildman–Crippen LogP) is 1.05. The summed E-state index contributed by atoms with van der Waals surface area (Å²) in [6.07, 6.45) is 1.34. The average Bonchev–Trinajstić information content (AvgIpc) is 2.48. The standard InChI is InChI=1S/C13H22N2O2.C2H6/c1-15-8-12-4-2-11(3-5-12)6-7-13(14,9-16)10-17;1-2/h2-5,15-17H,6-10,14H2,1H3;1-2H3. The third-order valence-corrected chi connectivity index (χ3v) is 2.95. The maximum Gasteiger partial charge on any atom is 0.0633 e. The van der Waals surface area contributed by atoms with E-state index in [1.165, 1.54) is 11.1 Å². The first-order valence-electron chi connectivity index (χ1n) is 6.86. The summed E-state index contributed by atoms with van der Waals surface area (Å²) < 4.78 is 0. The fraction of sp³-hybridized carbons (Fsp3) is 0.600. The summed E-state index contributed by atoms with van der Waals surface area (Å²) in [6.45, 7) is 4.47. The molecule has 0 saturated carbocycles. The van der Waals surface area contributed by atoms with Gasteiger partial charge >= 0.3 is 0 Å². The van der Waals surface area contributed by atoms with E-state index in [0.717, 1.165) is 13.0 Å². The molecule has 19 heavy (non-hydrogen) atoms. The number of aliphatic hydroxyl groups excluding tert-OH is 2. The van der Waals surface area contributed by atoms with Crippen LogP contribution in [0.4, 0.5) is 0 Å². The lowest BCUT2D eigenvalue weighted by Crippen LogP contribution is -2.47. The molecule has 0 spiro atoms. The van der Waals surface area contributed by atoms with Crippen LogP contribution in [0.25, 0.3) is 0 Å². The first kappa shape index (κ1) is 18.1. The highest BCUT2D eigenvalue weighted by molar-refractivity contribution is 5.22. The number of nitrogens with one attached hydrogen (secondary N) is 1. The van der Waals surface area contributed by atoms with Crippen molar-refractivity contribution in [3.05, 3.63) is 35.4 Å². The summed E-state index contributed by atoms with van der Waals surface area (Å²) in [5.41, 5.74) is 7.34. The molecule has 1 rings (SSSR count). The second-order valence-electron chi connectivity index (χ2n) is 4.53. The van der Waals surface area contributed by atoms with Gasteiger partial charge in [0, 0.05) is 6.54 Å². The van der Waals surface area contributed by atoms with Gasteiger partial charge in [-0.2, -0.15) is 0 Å². The molecular formula is C15H28N2O2. The molecule has 0 amide bonds. The van der Waals surface area contributed by atoms with Crippen LogP contribution in [0.5, 0.6) is 0 Å². The minimum absolute atomic E-state index is 0.193. The van der Waals surface area contributed by atoms with Crippen molar-refractivity contribution < 1.29 is 10.2 Å². The Morgan fingerprint density at radius 1 is 1.05 bits per heavy atom. The molecule has 1 aromatic rings. The molecule has 0 aliphatic heterocycles. The molecule has 110 valence electrons. The Bertz CT molecular complexity index is 321. The molecule has 4 nitrogen and oxygen atoms in total. The van der Waals surface area contributed by atoms with Gasteiger partial charge in [-0.15, -0.1) is 0 Å². The summed E-state index contributed by atoms with van der Waals surface area (Å²) in [5, 5.41) is 21.3. The van der Waals surface area contributed by atoms with Crippen molar-refractivity contribution in [2.45, 2.75) is 38.8 Å². The van der Waals surface area contributed by atoms with E-state index in [9.17, 15) is 0 Å². The minimum atomic E-state index is -0.871. The van der Waals surface area contributed by atoms with Gasteiger partial charge in [-0.25, -0.2) is 0 Å². The van der Waals surface area contributed by atoms with Gasteiger partial charge in [0.15, 0.2) is 0 Å². The zero-order valence-electron chi connectivity index (χ0n) is 12.3. The van der Waals surface area contributed by atoms with Crippen molar-refractivity contribution in [2.75, 3.05) is 20.3 Å². The Kier molecular flexibility index (Phi) is 9.43. The number of hydrogen-bond donors (Lipinski definition) is 4.